The number of methoxy groups -OCH3 is 1. The van der Waals surface area contributed by atoms with Crippen LogP contribution in [0.1, 0.15) is 31.2 Å². The second-order valence-corrected chi connectivity index (χ2v) is 7.22. The predicted octanol–water partition coefficient (Wildman–Crippen LogP) is 3.94. The van der Waals surface area contributed by atoms with E-state index in [9.17, 15) is 9.59 Å². The average molecular weight is 412 g/mol. The molecule has 2 N–H and O–H groups in total. The molecule has 0 radical (unpaired) electrons. The Labute approximate surface area is 174 Å². The third-order valence-corrected chi connectivity index (χ3v) is 5.17. The summed E-state index contributed by atoms with van der Waals surface area (Å²) in [6, 6.07) is 15.0. The van der Waals surface area contributed by atoms with Crippen LogP contribution in [0.15, 0.2) is 53.3 Å². The van der Waals surface area contributed by atoms with Gasteiger partial charge in [0.2, 0.25) is 5.91 Å². The number of nitrogens with zero attached hydrogens (tertiary/aromatic N) is 1. The van der Waals surface area contributed by atoms with Crippen molar-refractivity contribution in [2.75, 3.05) is 7.11 Å². The van der Waals surface area contributed by atoms with E-state index >= 15 is 0 Å². The second kappa shape index (κ2) is 10.0. The van der Waals surface area contributed by atoms with Gasteiger partial charge < -0.3 is 15.0 Å². The van der Waals surface area contributed by atoms with Crippen LogP contribution in [-0.2, 0) is 17.9 Å². The molecule has 0 aliphatic carbocycles. The largest absolute Gasteiger partial charge is 0.496 e. The Balaban J connectivity index is 1.44. The number of rotatable bonds is 9. The summed E-state index contributed by atoms with van der Waals surface area (Å²) in [7, 11) is 1.62. The maximum absolute atomic E-state index is 12.6. The van der Waals surface area contributed by atoms with Crippen molar-refractivity contribution >= 4 is 29.0 Å². The SMILES string of the molecule is COc1ccccc1CNC(=O)CCCCCn1c(=S)[nH]c2ccccc2c1=O. The van der Waals surface area contributed by atoms with Crippen LogP contribution in [0, 0.1) is 4.77 Å². The molecule has 152 valence electrons. The van der Waals surface area contributed by atoms with Crippen molar-refractivity contribution < 1.29 is 9.53 Å². The molecule has 0 spiro atoms. The number of ether oxygens (including phenoxy) is 1. The average Bonchev–Trinajstić information content (AvgIpc) is 2.74. The summed E-state index contributed by atoms with van der Waals surface area (Å²) in [5.74, 6) is 0.779. The van der Waals surface area contributed by atoms with Crippen molar-refractivity contribution in [2.45, 2.75) is 38.8 Å². The number of aromatic amines is 1. The van der Waals surface area contributed by atoms with Crippen LogP contribution in [0.3, 0.4) is 0 Å². The Hall–Kier alpha value is -2.93. The number of aromatic nitrogens is 2. The highest BCUT2D eigenvalue weighted by Gasteiger charge is 2.07. The van der Waals surface area contributed by atoms with Gasteiger partial charge in [0, 0.05) is 25.1 Å². The molecule has 1 amide bonds. The van der Waals surface area contributed by atoms with E-state index in [4.69, 9.17) is 17.0 Å². The summed E-state index contributed by atoms with van der Waals surface area (Å²) < 4.78 is 7.32. The van der Waals surface area contributed by atoms with Crippen molar-refractivity contribution in [3.05, 3.63) is 69.2 Å². The molecule has 0 atom stereocenters. The third kappa shape index (κ3) is 5.32. The Morgan fingerprint density at radius 2 is 1.86 bits per heavy atom. The van der Waals surface area contributed by atoms with E-state index in [1.807, 2.05) is 42.5 Å². The molecule has 7 heteroatoms. The standard InChI is InChI=1S/C22H25N3O3S/c1-28-19-12-7-4-9-16(19)15-23-20(26)13-3-2-8-14-25-21(27)17-10-5-6-11-18(17)24-22(25)29/h4-7,9-12H,2-3,8,13-15H2,1H3,(H,23,26)(H,24,29). The fraction of sp³-hybridized carbons (Fsp3) is 0.318. The number of hydrogen-bond acceptors (Lipinski definition) is 4. The molecule has 6 nitrogen and oxygen atoms in total. The minimum absolute atomic E-state index is 0.0102. The van der Waals surface area contributed by atoms with Gasteiger partial charge in [-0.3, -0.25) is 14.2 Å². The van der Waals surface area contributed by atoms with Crippen molar-refractivity contribution in [1.82, 2.24) is 14.9 Å². The second-order valence-electron chi connectivity index (χ2n) is 6.83. The number of unbranched alkanes of at least 4 members (excludes halogenated alkanes) is 2. The fourth-order valence-electron chi connectivity index (χ4n) is 3.27. The summed E-state index contributed by atoms with van der Waals surface area (Å²) in [5, 5.41) is 3.56. The van der Waals surface area contributed by atoms with Crippen LogP contribution in [0.25, 0.3) is 10.9 Å². The van der Waals surface area contributed by atoms with Crippen LogP contribution in [0.5, 0.6) is 5.75 Å². The molecule has 3 rings (SSSR count). The van der Waals surface area contributed by atoms with Crippen molar-refractivity contribution in [3.8, 4) is 5.75 Å². The highest BCUT2D eigenvalue weighted by molar-refractivity contribution is 7.71. The Morgan fingerprint density at radius 3 is 2.69 bits per heavy atom. The molecule has 2 aromatic carbocycles. The molecule has 0 bridgehead atoms. The molecule has 0 saturated heterocycles. The summed E-state index contributed by atoms with van der Waals surface area (Å²) in [6.07, 6.45) is 2.84. The number of hydrogen-bond donors (Lipinski definition) is 2. The van der Waals surface area contributed by atoms with Crippen LogP contribution in [-0.4, -0.2) is 22.6 Å². The van der Waals surface area contributed by atoms with E-state index in [0.29, 0.717) is 29.7 Å². The first kappa shape index (κ1) is 20.8. The number of H-pyrrole nitrogens is 1. The first-order valence-corrected chi connectivity index (χ1v) is 10.1. The fourth-order valence-corrected chi connectivity index (χ4v) is 3.55. The summed E-state index contributed by atoms with van der Waals surface area (Å²) in [5.41, 5.74) is 1.64. The van der Waals surface area contributed by atoms with E-state index in [-0.39, 0.29) is 11.5 Å². The number of nitrogens with one attached hydrogen (secondary N) is 2. The molecule has 0 saturated carbocycles. The topological polar surface area (TPSA) is 76.1 Å². The van der Waals surface area contributed by atoms with Gasteiger partial charge in [-0.05, 0) is 43.3 Å². The van der Waals surface area contributed by atoms with Gasteiger partial charge in [0.25, 0.3) is 5.56 Å². The number of benzene rings is 2. The Kier molecular flexibility index (Phi) is 7.19. The van der Waals surface area contributed by atoms with Gasteiger partial charge in [-0.1, -0.05) is 36.8 Å². The van der Waals surface area contributed by atoms with Gasteiger partial charge in [-0.15, -0.1) is 0 Å². The van der Waals surface area contributed by atoms with Crippen molar-refractivity contribution in [3.63, 3.8) is 0 Å². The quantitative estimate of drug-likeness (QED) is 0.413. The zero-order valence-electron chi connectivity index (χ0n) is 16.4. The summed E-state index contributed by atoms with van der Waals surface area (Å²) >= 11 is 5.32. The number of amides is 1. The monoisotopic (exact) mass is 411 g/mol. The van der Waals surface area contributed by atoms with Crippen molar-refractivity contribution in [2.24, 2.45) is 0 Å². The molecular formula is C22H25N3O3S. The molecule has 1 heterocycles. The number of para-hydroxylation sites is 2. The highest BCUT2D eigenvalue weighted by Crippen LogP contribution is 2.16. The van der Waals surface area contributed by atoms with Crippen molar-refractivity contribution in [1.29, 1.82) is 0 Å². The maximum Gasteiger partial charge on any atom is 0.262 e. The van der Waals surface area contributed by atoms with Gasteiger partial charge in [0.1, 0.15) is 5.75 Å². The van der Waals surface area contributed by atoms with Gasteiger partial charge in [0.15, 0.2) is 4.77 Å². The van der Waals surface area contributed by atoms with Crippen LogP contribution < -0.4 is 15.6 Å². The van der Waals surface area contributed by atoms with Crippen LogP contribution >= 0.6 is 12.2 Å². The van der Waals surface area contributed by atoms with Gasteiger partial charge >= 0.3 is 0 Å². The zero-order chi connectivity index (χ0) is 20.6. The minimum atomic E-state index is -0.0705. The normalized spacial score (nSPS) is 10.8. The number of carbonyl (C=O) groups excluding carboxylic acids is 1. The van der Waals surface area contributed by atoms with Gasteiger partial charge in [-0.25, -0.2) is 0 Å². The molecular weight excluding hydrogens is 386 g/mol. The molecule has 1 aromatic heterocycles. The van der Waals surface area contributed by atoms with E-state index in [2.05, 4.69) is 10.3 Å². The first-order chi connectivity index (χ1) is 14.1. The summed E-state index contributed by atoms with van der Waals surface area (Å²) in [6.45, 7) is 0.992. The molecule has 3 aromatic rings. The molecule has 0 aliphatic rings. The lowest BCUT2D eigenvalue weighted by Gasteiger charge is -2.10. The lowest BCUT2D eigenvalue weighted by molar-refractivity contribution is -0.121. The highest BCUT2D eigenvalue weighted by atomic mass is 32.1. The number of carbonyl (C=O) groups is 1. The van der Waals surface area contributed by atoms with E-state index in [0.717, 1.165) is 36.1 Å². The lowest BCUT2D eigenvalue weighted by Crippen LogP contribution is -2.23. The van der Waals surface area contributed by atoms with E-state index in [1.165, 1.54) is 0 Å². The number of fused-ring (bicyclic) bond motifs is 1. The molecule has 0 fully saturated rings. The zero-order valence-corrected chi connectivity index (χ0v) is 17.3. The minimum Gasteiger partial charge on any atom is -0.496 e. The molecule has 0 unspecified atom stereocenters. The van der Waals surface area contributed by atoms with E-state index < -0.39 is 0 Å². The smallest absolute Gasteiger partial charge is 0.262 e. The van der Waals surface area contributed by atoms with Gasteiger partial charge in [0.05, 0.1) is 18.0 Å². The lowest BCUT2D eigenvalue weighted by atomic mass is 10.1. The Morgan fingerprint density at radius 1 is 1.10 bits per heavy atom. The third-order valence-electron chi connectivity index (χ3n) is 4.84. The van der Waals surface area contributed by atoms with Crippen LogP contribution in [0.4, 0.5) is 0 Å². The summed E-state index contributed by atoms with van der Waals surface area (Å²) in [4.78, 5) is 27.8. The molecule has 0 aliphatic heterocycles. The van der Waals surface area contributed by atoms with Crippen LogP contribution in [0.2, 0.25) is 0 Å². The predicted molar refractivity (Wildman–Crippen MR) is 117 cm³/mol. The Bertz CT molecular complexity index is 1100. The van der Waals surface area contributed by atoms with E-state index in [1.54, 1.807) is 17.7 Å². The maximum atomic E-state index is 12.6. The molecule has 29 heavy (non-hydrogen) atoms. The first-order valence-electron chi connectivity index (χ1n) is 9.70. The van der Waals surface area contributed by atoms with Gasteiger partial charge in [-0.2, -0.15) is 0 Å².